The second kappa shape index (κ2) is 8.95. The first-order valence-corrected chi connectivity index (χ1v) is 8.71. The van der Waals surface area contributed by atoms with E-state index in [-0.39, 0.29) is 29.4 Å². The first-order valence-electron chi connectivity index (χ1n) is 8.71. The lowest BCUT2D eigenvalue weighted by atomic mass is 10.1. The minimum absolute atomic E-state index is 0. The molecule has 0 radical (unpaired) electrons. The summed E-state index contributed by atoms with van der Waals surface area (Å²) in [7, 11) is 0. The smallest absolute Gasteiger partial charge is 0.263 e. The predicted octanol–water partition coefficient (Wildman–Crippen LogP) is 3.17. The number of hydrogen-bond acceptors (Lipinski definition) is 4. The third-order valence-electron chi connectivity index (χ3n) is 4.40. The standard InChI is InChI=1S/C20H28N4O.ClH/c1-15-7-6-8-18(16(15)2)24-11-9-23(10-12-24)14-17(13-21)19(25)22-20(3,4)5;/h6-8,14H,9-12H2,1-5H3,(H,22,25);1H/b17-14-;. The fourth-order valence-corrected chi connectivity index (χ4v) is 2.90. The average molecular weight is 377 g/mol. The highest BCUT2D eigenvalue weighted by molar-refractivity contribution is 5.97. The van der Waals surface area contributed by atoms with Crippen LogP contribution >= 0.6 is 12.4 Å². The summed E-state index contributed by atoms with van der Waals surface area (Å²) in [6, 6.07) is 8.40. The van der Waals surface area contributed by atoms with E-state index in [1.54, 1.807) is 6.20 Å². The molecule has 0 unspecified atom stereocenters. The van der Waals surface area contributed by atoms with Gasteiger partial charge in [0.05, 0.1) is 0 Å². The highest BCUT2D eigenvalue weighted by Gasteiger charge is 2.21. The van der Waals surface area contributed by atoms with Gasteiger partial charge in [-0.15, -0.1) is 12.4 Å². The number of piperazine rings is 1. The Morgan fingerprint density at radius 2 is 1.81 bits per heavy atom. The molecule has 1 aliphatic rings. The minimum Gasteiger partial charge on any atom is -0.373 e. The lowest BCUT2D eigenvalue weighted by Crippen LogP contribution is -2.45. The van der Waals surface area contributed by atoms with Crippen LogP contribution in [0.4, 0.5) is 5.69 Å². The van der Waals surface area contributed by atoms with Crippen molar-refractivity contribution in [1.29, 1.82) is 5.26 Å². The van der Waals surface area contributed by atoms with Crippen LogP contribution in [0, 0.1) is 25.2 Å². The van der Waals surface area contributed by atoms with Gasteiger partial charge < -0.3 is 15.1 Å². The van der Waals surface area contributed by atoms with Crippen LogP contribution in [-0.4, -0.2) is 42.5 Å². The van der Waals surface area contributed by atoms with Crippen LogP contribution < -0.4 is 10.2 Å². The topological polar surface area (TPSA) is 59.4 Å². The van der Waals surface area contributed by atoms with Crippen molar-refractivity contribution < 1.29 is 4.79 Å². The maximum Gasteiger partial charge on any atom is 0.263 e. The number of nitrogens with zero attached hydrogens (tertiary/aromatic N) is 3. The van der Waals surface area contributed by atoms with Crippen molar-refractivity contribution in [2.75, 3.05) is 31.1 Å². The Labute approximate surface area is 163 Å². The molecule has 0 spiro atoms. The van der Waals surface area contributed by atoms with Crippen molar-refractivity contribution in [1.82, 2.24) is 10.2 Å². The van der Waals surface area contributed by atoms with Crippen LogP contribution in [-0.2, 0) is 4.79 Å². The molecule has 6 heteroatoms. The number of hydrogen-bond donors (Lipinski definition) is 1. The SMILES string of the molecule is Cc1cccc(N2CCN(/C=C(/C#N)C(=O)NC(C)(C)C)CC2)c1C.Cl. The second-order valence-corrected chi connectivity index (χ2v) is 7.60. The quantitative estimate of drug-likeness (QED) is 0.650. The Kier molecular flexibility index (Phi) is 7.53. The van der Waals surface area contributed by atoms with Crippen LogP contribution in [0.1, 0.15) is 31.9 Å². The minimum atomic E-state index is -0.353. The van der Waals surface area contributed by atoms with Crippen LogP contribution in [0.15, 0.2) is 30.0 Å². The number of nitrogens with one attached hydrogen (secondary N) is 1. The Balaban J connectivity index is 0.00000338. The normalized spacial score (nSPS) is 15.2. The molecule has 1 amide bonds. The molecule has 1 fully saturated rings. The molecule has 26 heavy (non-hydrogen) atoms. The monoisotopic (exact) mass is 376 g/mol. The summed E-state index contributed by atoms with van der Waals surface area (Å²) in [5.41, 5.74) is 3.69. The predicted molar refractivity (Wildman–Crippen MR) is 109 cm³/mol. The zero-order chi connectivity index (χ0) is 18.6. The molecule has 1 saturated heterocycles. The molecule has 1 aromatic rings. The van der Waals surface area contributed by atoms with Gasteiger partial charge in [-0.25, -0.2) is 0 Å². The van der Waals surface area contributed by atoms with E-state index in [1.165, 1.54) is 16.8 Å². The first-order chi connectivity index (χ1) is 11.7. The Morgan fingerprint density at radius 1 is 1.19 bits per heavy atom. The van der Waals surface area contributed by atoms with Crippen molar-refractivity contribution >= 4 is 24.0 Å². The molecule has 2 rings (SSSR count). The van der Waals surface area contributed by atoms with Crippen LogP contribution in [0.25, 0.3) is 0 Å². The zero-order valence-corrected chi connectivity index (χ0v) is 17.1. The van der Waals surface area contributed by atoms with Gasteiger partial charge in [-0.2, -0.15) is 5.26 Å². The van der Waals surface area contributed by atoms with Gasteiger partial charge >= 0.3 is 0 Å². The molecular formula is C20H29ClN4O. The lowest BCUT2D eigenvalue weighted by molar-refractivity contribution is -0.118. The van der Waals surface area contributed by atoms with Crippen molar-refractivity contribution in [3.8, 4) is 6.07 Å². The van der Waals surface area contributed by atoms with Gasteiger partial charge in [0.25, 0.3) is 5.91 Å². The van der Waals surface area contributed by atoms with Gasteiger partial charge in [-0.1, -0.05) is 12.1 Å². The maximum atomic E-state index is 12.2. The number of amides is 1. The van der Waals surface area contributed by atoms with E-state index in [9.17, 15) is 10.1 Å². The van der Waals surface area contributed by atoms with Gasteiger partial charge in [0.15, 0.2) is 0 Å². The molecule has 1 aromatic carbocycles. The number of rotatable bonds is 3. The van der Waals surface area contributed by atoms with Crippen LogP contribution in [0.5, 0.6) is 0 Å². The number of aryl methyl sites for hydroxylation is 1. The fourth-order valence-electron chi connectivity index (χ4n) is 2.90. The van der Waals surface area contributed by atoms with E-state index in [4.69, 9.17) is 0 Å². The molecule has 0 saturated carbocycles. The first kappa shape index (κ1) is 21.9. The van der Waals surface area contributed by atoms with Gasteiger partial charge in [-0.05, 0) is 51.8 Å². The fraction of sp³-hybridized carbons (Fsp3) is 0.500. The highest BCUT2D eigenvalue weighted by atomic mass is 35.5. The summed E-state index contributed by atoms with van der Waals surface area (Å²) in [6.07, 6.45) is 1.70. The molecule has 1 aliphatic heterocycles. The van der Waals surface area contributed by atoms with Gasteiger partial charge in [0.1, 0.15) is 11.6 Å². The third-order valence-corrected chi connectivity index (χ3v) is 4.40. The Morgan fingerprint density at radius 3 is 2.35 bits per heavy atom. The van der Waals surface area contributed by atoms with E-state index in [0.29, 0.717) is 0 Å². The highest BCUT2D eigenvalue weighted by Crippen LogP contribution is 2.24. The zero-order valence-electron chi connectivity index (χ0n) is 16.3. The molecular weight excluding hydrogens is 348 g/mol. The van der Waals surface area contributed by atoms with Crippen molar-refractivity contribution in [3.05, 3.63) is 41.1 Å². The third kappa shape index (κ3) is 5.67. The van der Waals surface area contributed by atoms with Crippen LogP contribution in [0.2, 0.25) is 0 Å². The number of carbonyl (C=O) groups is 1. The molecule has 5 nitrogen and oxygen atoms in total. The summed E-state index contributed by atoms with van der Waals surface area (Å²) in [6.45, 7) is 13.3. The van der Waals surface area contributed by atoms with Crippen molar-refractivity contribution in [2.24, 2.45) is 0 Å². The van der Waals surface area contributed by atoms with Gasteiger partial charge in [0, 0.05) is 43.6 Å². The summed E-state index contributed by atoms with van der Waals surface area (Å²) < 4.78 is 0. The lowest BCUT2D eigenvalue weighted by Gasteiger charge is -2.36. The largest absolute Gasteiger partial charge is 0.373 e. The molecule has 142 valence electrons. The Bertz CT molecular complexity index is 708. The molecule has 0 aromatic heterocycles. The summed E-state index contributed by atoms with van der Waals surface area (Å²) in [5, 5.41) is 12.1. The Hall–Kier alpha value is -2.19. The van der Waals surface area contributed by atoms with E-state index < -0.39 is 0 Å². The maximum absolute atomic E-state index is 12.2. The molecule has 1 N–H and O–H groups in total. The van der Waals surface area contributed by atoms with Gasteiger partial charge in [0.2, 0.25) is 0 Å². The summed E-state index contributed by atoms with van der Waals surface area (Å²) in [5.74, 6) is -0.313. The van der Waals surface area contributed by atoms with Crippen molar-refractivity contribution in [3.63, 3.8) is 0 Å². The number of benzene rings is 1. The molecule has 0 atom stereocenters. The molecule has 1 heterocycles. The van der Waals surface area contributed by atoms with Crippen LogP contribution in [0.3, 0.4) is 0 Å². The van der Waals surface area contributed by atoms with E-state index >= 15 is 0 Å². The van der Waals surface area contributed by atoms with Gasteiger partial charge in [-0.3, -0.25) is 4.79 Å². The summed E-state index contributed by atoms with van der Waals surface area (Å²) in [4.78, 5) is 16.6. The van der Waals surface area contributed by atoms with Crippen molar-refractivity contribution in [2.45, 2.75) is 40.2 Å². The molecule has 0 aliphatic carbocycles. The summed E-state index contributed by atoms with van der Waals surface area (Å²) >= 11 is 0. The second-order valence-electron chi connectivity index (χ2n) is 7.60. The number of anilines is 1. The molecule has 0 bridgehead atoms. The average Bonchev–Trinajstić information content (AvgIpc) is 2.54. The number of nitriles is 1. The van der Waals surface area contributed by atoms with E-state index in [0.717, 1.165) is 26.2 Å². The van der Waals surface area contributed by atoms with E-state index in [1.807, 2.05) is 26.8 Å². The van der Waals surface area contributed by atoms with E-state index in [2.05, 4.69) is 47.2 Å². The number of halogens is 1. The number of carbonyl (C=O) groups excluding carboxylic acids is 1.